The van der Waals surface area contributed by atoms with Crippen LogP contribution >= 0.6 is 23.4 Å². The summed E-state index contributed by atoms with van der Waals surface area (Å²) in [6.45, 7) is 7.17. The molecule has 2 aromatic rings. The molecule has 20 heavy (non-hydrogen) atoms. The fraction of sp³-hybridized carbons (Fsp3) is 0.294. The lowest BCUT2D eigenvalue weighted by atomic mass is 9.87. The highest BCUT2D eigenvalue weighted by atomic mass is 35.5. The molecular weight excluding hydrogens is 286 g/mol. The van der Waals surface area contributed by atoms with Gasteiger partial charge in [-0.3, -0.25) is 0 Å². The summed E-state index contributed by atoms with van der Waals surface area (Å²) in [6, 6.07) is 14.6. The van der Waals surface area contributed by atoms with Gasteiger partial charge in [0.05, 0.1) is 0 Å². The minimum Gasteiger partial charge on any atom is -0.326 e. The van der Waals surface area contributed by atoms with E-state index < -0.39 is 0 Å². The van der Waals surface area contributed by atoms with E-state index in [1.807, 2.05) is 18.2 Å². The number of benzene rings is 2. The van der Waals surface area contributed by atoms with Crippen LogP contribution in [0.3, 0.4) is 0 Å². The Morgan fingerprint density at radius 3 is 2.25 bits per heavy atom. The second kappa shape index (κ2) is 6.21. The maximum atomic E-state index is 6.00. The second-order valence-electron chi connectivity index (χ2n) is 5.83. The van der Waals surface area contributed by atoms with E-state index in [1.165, 1.54) is 15.4 Å². The van der Waals surface area contributed by atoms with Crippen LogP contribution in [0.2, 0.25) is 5.02 Å². The van der Waals surface area contributed by atoms with Gasteiger partial charge in [-0.2, -0.15) is 0 Å². The van der Waals surface area contributed by atoms with Crippen LogP contribution in [0.15, 0.2) is 52.3 Å². The summed E-state index contributed by atoms with van der Waals surface area (Å²) in [5.41, 5.74) is 8.40. The Hall–Kier alpha value is -0.960. The van der Waals surface area contributed by atoms with Gasteiger partial charge in [0.25, 0.3) is 0 Å². The summed E-state index contributed by atoms with van der Waals surface area (Å²) >= 11 is 7.73. The molecule has 0 aliphatic carbocycles. The van der Waals surface area contributed by atoms with Crippen molar-refractivity contribution in [2.24, 2.45) is 5.73 Å². The van der Waals surface area contributed by atoms with Gasteiger partial charge in [0.2, 0.25) is 0 Å². The van der Waals surface area contributed by atoms with E-state index in [0.717, 1.165) is 10.6 Å². The maximum Gasteiger partial charge on any atom is 0.0410 e. The van der Waals surface area contributed by atoms with Crippen LogP contribution in [0.25, 0.3) is 0 Å². The lowest BCUT2D eigenvalue weighted by Gasteiger charge is -2.19. The van der Waals surface area contributed by atoms with E-state index in [9.17, 15) is 0 Å². The van der Waals surface area contributed by atoms with E-state index in [1.54, 1.807) is 11.8 Å². The molecule has 1 nitrogen and oxygen atoms in total. The van der Waals surface area contributed by atoms with Gasteiger partial charge in [-0.25, -0.2) is 0 Å². The number of hydrogen-bond donors (Lipinski definition) is 1. The summed E-state index contributed by atoms with van der Waals surface area (Å²) in [4.78, 5) is 2.38. The Bertz CT molecular complexity index is 585. The van der Waals surface area contributed by atoms with E-state index in [0.29, 0.717) is 6.54 Å². The zero-order chi connectivity index (χ0) is 14.8. The van der Waals surface area contributed by atoms with Crippen LogP contribution in [0.5, 0.6) is 0 Å². The molecule has 0 heterocycles. The van der Waals surface area contributed by atoms with Crippen LogP contribution in [-0.2, 0) is 12.0 Å². The number of hydrogen-bond acceptors (Lipinski definition) is 2. The third-order valence-electron chi connectivity index (χ3n) is 3.19. The molecule has 2 N–H and O–H groups in total. The highest BCUT2D eigenvalue weighted by molar-refractivity contribution is 7.99. The average molecular weight is 306 g/mol. The molecule has 106 valence electrons. The van der Waals surface area contributed by atoms with Crippen molar-refractivity contribution in [3.05, 3.63) is 58.6 Å². The van der Waals surface area contributed by atoms with Crippen molar-refractivity contribution in [1.82, 2.24) is 0 Å². The lowest BCUT2D eigenvalue weighted by Crippen LogP contribution is -2.10. The van der Waals surface area contributed by atoms with Crippen molar-refractivity contribution in [2.75, 3.05) is 0 Å². The van der Waals surface area contributed by atoms with Crippen LogP contribution in [0, 0.1) is 0 Å². The third kappa shape index (κ3) is 3.78. The summed E-state index contributed by atoms with van der Waals surface area (Å²) in [7, 11) is 0. The van der Waals surface area contributed by atoms with Crippen molar-refractivity contribution in [2.45, 2.75) is 42.5 Å². The molecule has 0 aliphatic heterocycles. The molecule has 0 radical (unpaired) electrons. The highest BCUT2D eigenvalue weighted by Gasteiger charge is 2.13. The highest BCUT2D eigenvalue weighted by Crippen LogP contribution is 2.33. The van der Waals surface area contributed by atoms with Gasteiger partial charge in [-0.1, -0.05) is 56.3 Å². The SMILES string of the molecule is CC(C)(C)c1ccc(Sc2ccc(Cl)cc2CN)cc1. The first kappa shape index (κ1) is 15.4. The quantitative estimate of drug-likeness (QED) is 0.838. The topological polar surface area (TPSA) is 26.0 Å². The Balaban J connectivity index is 2.22. The normalized spacial score (nSPS) is 11.7. The standard InChI is InChI=1S/C17H20ClNS/c1-17(2,3)13-4-7-15(8-5-13)20-16-9-6-14(18)10-12(16)11-19/h4-10H,11,19H2,1-3H3. The summed E-state index contributed by atoms with van der Waals surface area (Å²) in [5.74, 6) is 0. The monoisotopic (exact) mass is 305 g/mol. The molecule has 2 aromatic carbocycles. The van der Waals surface area contributed by atoms with Gasteiger partial charge in [0, 0.05) is 21.4 Å². The molecule has 0 amide bonds. The first-order valence-corrected chi connectivity index (χ1v) is 7.86. The Kier molecular flexibility index (Phi) is 4.79. The van der Waals surface area contributed by atoms with Crippen LogP contribution in [-0.4, -0.2) is 0 Å². The molecule has 0 fully saturated rings. The third-order valence-corrected chi connectivity index (χ3v) is 4.55. The molecule has 0 aromatic heterocycles. The zero-order valence-electron chi connectivity index (χ0n) is 12.1. The van der Waals surface area contributed by atoms with E-state index >= 15 is 0 Å². The molecule has 0 aliphatic rings. The van der Waals surface area contributed by atoms with Crippen LogP contribution < -0.4 is 5.73 Å². The largest absolute Gasteiger partial charge is 0.326 e. The average Bonchev–Trinajstić information content (AvgIpc) is 2.40. The first-order chi connectivity index (χ1) is 9.40. The van der Waals surface area contributed by atoms with Gasteiger partial charge < -0.3 is 5.73 Å². The Morgan fingerprint density at radius 2 is 1.70 bits per heavy atom. The molecule has 2 rings (SSSR count). The minimum atomic E-state index is 0.186. The molecule has 0 bridgehead atoms. The smallest absolute Gasteiger partial charge is 0.0410 e. The molecule has 0 spiro atoms. The van der Waals surface area contributed by atoms with E-state index in [-0.39, 0.29) is 5.41 Å². The molecule has 0 unspecified atom stereocenters. The predicted octanol–water partition coefficient (Wildman–Crippen LogP) is 5.25. The van der Waals surface area contributed by atoms with Gasteiger partial charge in [0.15, 0.2) is 0 Å². The van der Waals surface area contributed by atoms with Gasteiger partial charge in [-0.15, -0.1) is 0 Å². The van der Waals surface area contributed by atoms with Crippen molar-refractivity contribution in [3.8, 4) is 0 Å². The number of rotatable bonds is 3. The summed E-state index contributed by atoms with van der Waals surface area (Å²) in [6.07, 6.45) is 0. The van der Waals surface area contributed by atoms with Crippen molar-refractivity contribution in [1.29, 1.82) is 0 Å². The van der Waals surface area contributed by atoms with Gasteiger partial charge in [-0.05, 0) is 46.9 Å². The fourth-order valence-corrected chi connectivity index (χ4v) is 3.09. The van der Waals surface area contributed by atoms with Gasteiger partial charge in [0.1, 0.15) is 0 Å². The summed E-state index contributed by atoms with van der Waals surface area (Å²) < 4.78 is 0. The number of nitrogens with two attached hydrogens (primary N) is 1. The first-order valence-electron chi connectivity index (χ1n) is 6.67. The van der Waals surface area contributed by atoms with Crippen LogP contribution in [0.1, 0.15) is 31.9 Å². The zero-order valence-corrected chi connectivity index (χ0v) is 13.7. The molecule has 3 heteroatoms. The minimum absolute atomic E-state index is 0.186. The van der Waals surface area contributed by atoms with E-state index in [4.69, 9.17) is 17.3 Å². The second-order valence-corrected chi connectivity index (χ2v) is 7.38. The maximum absolute atomic E-state index is 6.00. The van der Waals surface area contributed by atoms with E-state index in [2.05, 4.69) is 45.0 Å². The molecule has 0 saturated heterocycles. The van der Waals surface area contributed by atoms with Crippen molar-refractivity contribution < 1.29 is 0 Å². The summed E-state index contributed by atoms with van der Waals surface area (Å²) in [5, 5.41) is 0.734. The van der Waals surface area contributed by atoms with Crippen molar-refractivity contribution >= 4 is 23.4 Å². The molecule has 0 atom stereocenters. The fourth-order valence-electron chi connectivity index (χ4n) is 1.96. The number of halogens is 1. The molecule has 0 saturated carbocycles. The Labute approximate surface area is 130 Å². The Morgan fingerprint density at radius 1 is 1.05 bits per heavy atom. The molecular formula is C17H20ClNS. The lowest BCUT2D eigenvalue weighted by molar-refractivity contribution is 0.590. The van der Waals surface area contributed by atoms with Gasteiger partial charge >= 0.3 is 0 Å². The van der Waals surface area contributed by atoms with Crippen molar-refractivity contribution in [3.63, 3.8) is 0 Å². The predicted molar refractivity (Wildman–Crippen MR) is 88.6 cm³/mol. The van der Waals surface area contributed by atoms with Crippen LogP contribution in [0.4, 0.5) is 0 Å².